The smallest absolute Gasteiger partial charge is 0.139 e. The molecule has 0 amide bonds. The SMILES string of the molecule is Nc1ccc(-c2ccc(Cl)cc2Cl)cc1O. The van der Waals surface area contributed by atoms with Gasteiger partial charge in [0.25, 0.3) is 0 Å². The second kappa shape index (κ2) is 4.24. The fourth-order valence-electron chi connectivity index (χ4n) is 1.43. The van der Waals surface area contributed by atoms with Crippen molar-refractivity contribution in [1.82, 2.24) is 0 Å². The third kappa shape index (κ3) is 2.08. The molecule has 0 aliphatic carbocycles. The topological polar surface area (TPSA) is 46.2 Å². The number of rotatable bonds is 1. The fraction of sp³-hybridized carbons (Fsp3) is 0. The third-order valence-corrected chi connectivity index (χ3v) is 2.82. The average molecular weight is 254 g/mol. The predicted octanol–water partition coefficient (Wildman–Crippen LogP) is 3.95. The molecule has 2 nitrogen and oxygen atoms in total. The number of benzene rings is 2. The van der Waals surface area contributed by atoms with Crippen LogP contribution < -0.4 is 5.73 Å². The van der Waals surface area contributed by atoms with Gasteiger partial charge in [-0.15, -0.1) is 0 Å². The number of nitrogens with two attached hydrogens (primary N) is 1. The Bertz CT molecular complexity index is 541. The highest BCUT2D eigenvalue weighted by Gasteiger charge is 2.06. The molecule has 0 aliphatic heterocycles. The number of anilines is 1. The van der Waals surface area contributed by atoms with E-state index in [1.54, 1.807) is 36.4 Å². The van der Waals surface area contributed by atoms with E-state index >= 15 is 0 Å². The van der Waals surface area contributed by atoms with Gasteiger partial charge in [0, 0.05) is 15.6 Å². The van der Waals surface area contributed by atoms with Crippen molar-refractivity contribution in [3.8, 4) is 16.9 Å². The zero-order chi connectivity index (χ0) is 11.7. The minimum absolute atomic E-state index is 0.0449. The predicted molar refractivity (Wildman–Crippen MR) is 68.0 cm³/mol. The quantitative estimate of drug-likeness (QED) is 0.597. The summed E-state index contributed by atoms with van der Waals surface area (Å²) in [5.41, 5.74) is 7.47. The number of phenolic OH excluding ortho intramolecular Hbond substituents is 1. The van der Waals surface area contributed by atoms with E-state index in [-0.39, 0.29) is 5.75 Å². The van der Waals surface area contributed by atoms with Gasteiger partial charge < -0.3 is 10.8 Å². The van der Waals surface area contributed by atoms with Crippen molar-refractivity contribution in [1.29, 1.82) is 0 Å². The van der Waals surface area contributed by atoms with Gasteiger partial charge in [0.1, 0.15) is 5.75 Å². The maximum absolute atomic E-state index is 9.51. The van der Waals surface area contributed by atoms with Crippen molar-refractivity contribution >= 4 is 28.9 Å². The van der Waals surface area contributed by atoms with Crippen molar-refractivity contribution in [3.05, 3.63) is 46.4 Å². The highest BCUT2D eigenvalue weighted by molar-refractivity contribution is 6.36. The van der Waals surface area contributed by atoms with Gasteiger partial charge in [-0.3, -0.25) is 0 Å². The van der Waals surface area contributed by atoms with Crippen molar-refractivity contribution in [3.63, 3.8) is 0 Å². The molecule has 2 aromatic carbocycles. The molecule has 0 radical (unpaired) electrons. The van der Waals surface area contributed by atoms with E-state index in [4.69, 9.17) is 28.9 Å². The first-order valence-electron chi connectivity index (χ1n) is 4.62. The minimum atomic E-state index is 0.0449. The normalized spacial score (nSPS) is 10.4. The average Bonchev–Trinajstić information content (AvgIpc) is 2.22. The highest BCUT2D eigenvalue weighted by atomic mass is 35.5. The van der Waals surface area contributed by atoms with Gasteiger partial charge in [0.15, 0.2) is 0 Å². The van der Waals surface area contributed by atoms with E-state index in [9.17, 15) is 5.11 Å². The van der Waals surface area contributed by atoms with Gasteiger partial charge in [-0.1, -0.05) is 35.3 Å². The zero-order valence-electron chi connectivity index (χ0n) is 8.24. The molecule has 0 saturated carbocycles. The first kappa shape index (κ1) is 11.1. The van der Waals surface area contributed by atoms with Gasteiger partial charge in [-0.2, -0.15) is 0 Å². The number of phenols is 1. The molecule has 3 N–H and O–H groups in total. The van der Waals surface area contributed by atoms with E-state index in [2.05, 4.69) is 0 Å². The lowest BCUT2D eigenvalue weighted by Gasteiger charge is -2.06. The van der Waals surface area contributed by atoms with Gasteiger partial charge in [0.2, 0.25) is 0 Å². The Hall–Kier alpha value is -1.38. The molecule has 0 bridgehead atoms. The first-order chi connectivity index (χ1) is 7.58. The Labute approximate surface area is 103 Å². The minimum Gasteiger partial charge on any atom is -0.506 e. The summed E-state index contributed by atoms with van der Waals surface area (Å²) in [5, 5.41) is 10.6. The number of aromatic hydroxyl groups is 1. The molecule has 0 fully saturated rings. The second-order valence-electron chi connectivity index (χ2n) is 3.40. The van der Waals surface area contributed by atoms with E-state index < -0.39 is 0 Å². The van der Waals surface area contributed by atoms with Gasteiger partial charge in [-0.05, 0) is 29.8 Å². The summed E-state index contributed by atoms with van der Waals surface area (Å²) in [4.78, 5) is 0. The van der Waals surface area contributed by atoms with Crippen LogP contribution in [0.4, 0.5) is 5.69 Å². The summed E-state index contributed by atoms with van der Waals surface area (Å²) in [6.45, 7) is 0. The second-order valence-corrected chi connectivity index (χ2v) is 4.24. The van der Waals surface area contributed by atoms with Crippen LogP contribution in [0.2, 0.25) is 10.0 Å². The summed E-state index contributed by atoms with van der Waals surface area (Å²) in [5.74, 6) is 0.0449. The molecule has 0 atom stereocenters. The maximum atomic E-state index is 9.51. The van der Waals surface area contributed by atoms with Crippen LogP contribution in [0.1, 0.15) is 0 Å². The molecule has 2 aromatic rings. The van der Waals surface area contributed by atoms with Crippen LogP contribution in [0.5, 0.6) is 5.75 Å². The lowest BCUT2D eigenvalue weighted by atomic mass is 10.0. The Kier molecular flexibility index (Phi) is 2.95. The molecular weight excluding hydrogens is 245 g/mol. The standard InChI is InChI=1S/C12H9Cl2NO/c13-8-2-3-9(10(14)6-8)7-1-4-11(15)12(16)5-7/h1-6,16H,15H2. The third-order valence-electron chi connectivity index (χ3n) is 2.27. The van der Waals surface area contributed by atoms with E-state index in [0.717, 1.165) is 11.1 Å². The molecule has 82 valence electrons. The molecule has 0 spiro atoms. The molecule has 2 rings (SSSR count). The van der Waals surface area contributed by atoms with E-state index in [1.165, 1.54) is 0 Å². The highest BCUT2D eigenvalue weighted by Crippen LogP contribution is 2.33. The molecule has 16 heavy (non-hydrogen) atoms. The summed E-state index contributed by atoms with van der Waals surface area (Å²) >= 11 is 11.9. The number of halogens is 2. The Morgan fingerprint density at radius 1 is 1.00 bits per heavy atom. The van der Waals surface area contributed by atoms with Crippen LogP contribution in [-0.2, 0) is 0 Å². The fourth-order valence-corrected chi connectivity index (χ4v) is 1.95. The van der Waals surface area contributed by atoms with Crippen molar-refractivity contribution in [2.24, 2.45) is 0 Å². The van der Waals surface area contributed by atoms with E-state index in [0.29, 0.717) is 15.7 Å². The zero-order valence-corrected chi connectivity index (χ0v) is 9.76. The maximum Gasteiger partial charge on any atom is 0.139 e. The first-order valence-corrected chi connectivity index (χ1v) is 5.37. The summed E-state index contributed by atoms with van der Waals surface area (Å²) in [6.07, 6.45) is 0. The molecule has 0 unspecified atom stereocenters. The number of nitrogen functional groups attached to an aromatic ring is 1. The van der Waals surface area contributed by atoms with Crippen LogP contribution in [0, 0.1) is 0 Å². The van der Waals surface area contributed by atoms with Crippen LogP contribution in [0.3, 0.4) is 0 Å². The summed E-state index contributed by atoms with van der Waals surface area (Å²) in [7, 11) is 0. The molecular formula is C12H9Cl2NO. The number of hydrogen-bond acceptors (Lipinski definition) is 2. The lowest BCUT2D eigenvalue weighted by molar-refractivity contribution is 0.478. The molecule has 0 heterocycles. The van der Waals surface area contributed by atoms with Crippen LogP contribution in [0.25, 0.3) is 11.1 Å². The Morgan fingerprint density at radius 3 is 2.38 bits per heavy atom. The largest absolute Gasteiger partial charge is 0.506 e. The van der Waals surface area contributed by atoms with Crippen LogP contribution in [-0.4, -0.2) is 5.11 Å². The van der Waals surface area contributed by atoms with Crippen molar-refractivity contribution in [2.45, 2.75) is 0 Å². The Morgan fingerprint density at radius 2 is 1.75 bits per heavy atom. The van der Waals surface area contributed by atoms with Crippen LogP contribution in [0.15, 0.2) is 36.4 Å². The number of hydrogen-bond donors (Lipinski definition) is 2. The van der Waals surface area contributed by atoms with Crippen LogP contribution >= 0.6 is 23.2 Å². The molecule has 0 aliphatic rings. The lowest BCUT2D eigenvalue weighted by Crippen LogP contribution is -1.86. The summed E-state index contributed by atoms with van der Waals surface area (Å²) in [6, 6.07) is 10.2. The monoisotopic (exact) mass is 253 g/mol. The van der Waals surface area contributed by atoms with Gasteiger partial charge in [-0.25, -0.2) is 0 Å². The molecule has 0 aromatic heterocycles. The Balaban J connectivity index is 2.54. The van der Waals surface area contributed by atoms with Gasteiger partial charge >= 0.3 is 0 Å². The van der Waals surface area contributed by atoms with E-state index in [1.807, 2.05) is 0 Å². The van der Waals surface area contributed by atoms with Gasteiger partial charge in [0.05, 0.1) is 5.69 Å². The molecule has 4 heteroatoms. The molecule has 0 saturated heterocycles. The van der Waals surface area contributed by atoms with Crippen molar-refractivity contribution in [2.75, 3.05) is 5.73 Å². The summed E-state index contributed by atoms with van der Waals surface area (Å²) < 4.78 is 0. The van der Waals surface area contributed by atoms with Crippen molar-refractivity contribution < 1.29 is 5.11 Å².